The van der Waals surface area contributed by atoms with Crippen molar-refractivity contribution in [3.63, 3.8) is 0 Å². The molecule has 0 aliphatic rings. The molecule has 0 aliphatic heterocycles. The molecule has 0 saturated heterocycles. The molecule has 0 bridgehead atoms. The highest BCUT2D eigenvalue weighted by atomic mass is 16.5. The van der Waals surface area contributed by atoms with Gasteiger partial charge >= 0.3 is 0 Å². The van der Waals surface area contributed by atoms with Crippen LogP contribution in [0.4, 0.5) is 5.69 Å². The fourth-order valence-electron chi connectivity index (χ4n) is 1.34. The van der Waals surface area contributed by atoms with Crippen LogP contribution in [0.5, 0.6) is 17.2 Å². The second-order valence-electron chi connectivity index (χ2n) is 3.90. The predicted molar refractivity (Wildman–Crippen MR) is 68.0 cm³/mol. The summed E-state index contributed by atoms with van der Waals surface area (Å²) in [5.41, 5.74) is 6.41. The Balaban J connectivity index is 2.78. The Morgan fingerprint density at radius 2 is 1.65 bits per heavy atom. The molecule has 0 atom stereocenters. The van der Waals surface area contributed by atoms with Gasteiger partial charge in [-0.05, 0) is 14.1 Å². The number of nitrogens with two attached hydrogens (primary N) is 1. The van der Waals surface area contributed by atoms with Crippen LogP contribution in [0.3, 0.4) is 0 Å². The molecule has 0 unspecified atom stereocenters. The molecule has 5 nitrogen and oxygen atoms in total. The van der Waals surface area contributed by atoms with Crippen molar-refractivity contribution in [2.45, 2.75) is 0 Å². The lowest BCUT2D eigenvalue weighted by Crippen LogP contribution is -2.19. The van der Waals surface area contributed by atoms with Crippen molar-refractivity contribution in [1.82, 2.24) is 4.90 Å². The van der Waals surface area contributed by atoms with E-state index in [2.05, 4.69) is 0 Å². The van der Waals surface area contributed by atoms with Crippen LogP contribution in [0.15, 0.2) is 12.1 Å². The minimum Gasteiger partial charge on any atom is -0.493 e. The molecule has 0 radical (unpaired) electrons. The molecule has 0 amide bonds. The summed E-state index contributed by atoms with van der Waals surface area (Å²) in [6.45, 7) is 1.40. The number of hydrogen-bond donors (Lipinski definition) is 1. The lowest BCUT2D eigenvalue weighted by atomic mass is 10.2. The van der Waals surface area contributed by atoms with Gasteiger partial charge < -0.3 is 24.8 Å². The van der Waals surface area contributed by atoms with Crippen LogP contribution in [0.25, 0.3) is 0 Å². The first-order valence-corrected chi connectivity index (χ1v) is 5.37. The number of benzene rings is 1. The number of methoxy groups -OCH3 is 2. The molecular weight excluding hydrogens is 220 g/mol. The third-order valence-electron chi connectivity index (χ3n) is 2.31. The Morgan fingerprint density at radius 3 is 2.18 bits per heavy atom. The Hall–Kier alpha value is -1.62. The molecule has 0 spiro atoms. The van der Waals surface area contributed by atoms with Crippen molar-refractivity contribution in [2.24, 2.45) is 0 Å². The standard InChI is InChI=1S/C12H20N2O3/c1-14(2)5-6-17-10-8-12(16-4)11(15-3)7-9(10)13/h7-8H,5-6,13H2,1-4H3. The van der Waals surface area contributed by atoms with Crippen LogP contribution in [0, 0.1) is 0 Å². The fourth-order valence-corrected chi connectivity index (χ4v) is 1.34. The van der Waals surface area contributed by atoms with Gasteiger partial charge in [0.2, 0.25) is 0 Å². The molecule has 0 fully saturated rings. The Bertz CT molecular complexity index is 367. The molecule has 1 rings (SSSR count). The summed E-state index contributed by atoms with van der Waals surface area (Å²) in [6.07, 6.45) is 0. The van der Waals surface area contributed by atoms with Crippen molar-refractivity contribution in [2.75, 3.05) is 47.2 Å². The smallest absolute Gasteiger partial charge is 0.164 e. The normalized spacial score (nSPS) is 10.4. The van der Waals surface area contributed by atoms with E-state index < -0.39 is 0 Å². The third kappa shape index (κ3) is 3.71. The highest BCUT2D eigenvalue weighted by Crippen LogP contribution is 2.36. The minimum absolute atomic E-state index is 0.543. The second kappa shape index (κ2) is 6.20. The lowest BCUT2D eigenvalue weighted by Gasteiger charge is -2.15. The van der Waals surface area contributed by atoms with E-state index in [1.54, 1.807) is 26.4 Å². The van der Waals surface area contributed by atoms with Gasteiger partial charge in [0.15, 0.2) is 11.5 Å². The van der Waals surface area contributed by atoms with E-state index in [0.717, 1.165) is 6.54 Å². The molecule has 17 heavy (non-hydrogen) atoms. The van der Waals surface area contributed by atoms with Crippen molar-refractivity contribution in [3.05, 3.63) is 12.1 Å². The third-order valence-corrected chi connectivity index (χ3v) is 2.31. The summed E-state index contributed by atoms with van der Waals surface area (Å²) in [7, 11) is 7.13. The van der Waals surface area contributed by atoms with Crippen molar-refractivity contribution in [1.29, 1.82) is 0 Å². The zero-order valence-electron chi connectivity index (χ0n) is 10.8. The van der Waals surface area contributed by atoms with Gasteiger partial charge in [-0.1, -0.05) is 0 Å². The van der Waals surface area contributed by atoms with Crippen molar-refractivity contribution >= 4 is 5.69 Å². The Labute approximate surface area is 102 Å². The SMILES string of the molecule is COc1cc(N)c(OCCN(C)C)cc1OC. The molecule has 1 aromatic rings. The summed E-state index contributed by atoms with van der Waals surface area (Å²) in [4.78, 5) is 2.04. The summed E-state index contributed by atoms with van der Waals surface area (Å²) in [6, 6.07) is 3.44. The van der Waals surface area contributed by atoms with Crippen molar-refractivity contribution < 1.29 is 14.2 Å². The van der Waals surface area contributed by atoms with Gasteiger partial charge in [-0.2, -0.15) is 0 Å². The zero-order chi connectivity index (χ0) is 12.8. The van der Waals surface area contributed by atoms with E-state index in [0.29, 0.717) is 29.5 Å². The molecule has 0 aromatic heterocycles. The zero-order valence-corrected chi connectivity index (χ0v) is 10.8. The molecule has 96 valence electrons. The maximum absolute atomic E-state index is 5.86. The monoisotopic (exact) mass is 240 g/mol. The number of likely N-dealkylation sites (N-methyl/N-ethyl adjacent to an activating group) is 1. The van der Waals surface area contributed by atoms with Gasteiger partial charge in [-0.25, -0.2) is 0 Å². The van der Waals surface area contributed by atoms with Gasteiger partial charge in [-0.15, -0.1) is 0 Å². The average Bonchev–Trinajstić information content (AvgIpc) is 2.30. The molecule has 1 aromatic carbocycles. The minimum atomic E-state index is 0.543. The van der Waals surface area contributed by atoms with Crippen LogP contribution in [-0.4, -0.2) is 46.4 Å². The van der Waals surface area contributed by atoms with E-state index in [-0.39, 0.29) is 0 Å². The maximum atomic E-state index is 5.86. The number of ether oxygens (including phenoxy) is 3. The molecule has 0 heterocycles. The number of rotatable bonds is 6. The summed E-state index contributed by atoms with van der Waals surface area (Å²) < 4.78 is 15.9. The van der Waals surface area contributed by atoms with Gasteiger partial charge in [0.1, 0.15) is 12.4 Å². The fraction of sp³-hybridized carbons (Fsp3) is 0.500. The topological polar surface area (TPSA) is 57.0 Å². The van der Waals surface area contributed by atoms with E-state index >= 15 is 0 Å². The Kier molecular flexibility index (Phi) is 4.90. The molecular formula is C12H20N2O3. The quantitative estimate of drug-likeness (QED) is 0.758. The number of nitrogens with zero attached hydrogens (tertiary/aromatic N) is 1. The number of hydrogen-bond acceptors (Lipinski definition) is 5. The van der Waals surface area contributed by atoms with E-state index in [9.17, 15) is 0 Å². The highest BCUT2D eigenvalue weighted by molar-refractivity contribution is 5.61. The molecule has 0 saturated carbocycles. The first kappa shape index (κ1) is 13.4. The first-order valence-electron chi connectivity index (χ1n) is 5.37. The predicted octanol–water partition coefficient (Wildman–Crippen LogP) is 1.23. The Morgan fingerprint density at radius 1 is 1.06 bits per heavy atom. The van der Waals surface area contributed by atoms with E-state index in [1.165, 1.54) is 0 Å². The average molecular weight is 240 g/mol. The van der Waals surface area contributed by atoms with Crippen LogP contribution >= 0.6 is 0 Å². The second-order valence-corrected chi connectivity index (χ2v) is 3.90. The molecule has 0 aliphatic carbocycles. The number of nitrogen functional groups attached to an aromatic ring is 1. The summed E-state index contributed by atoms with van der Waals surface area (Å²) in [5, 5.41) is 0. The van der Waals surface area contributed by atoms with Crippen LogP contribution in [-0.2, 0) is 0 Å². The van der Waals surface area contributed by atoms with Gasteiger partial charge in [0, 0.05) is 18.7 Å². The van der Waals surface area contributed by atoms with Gasteiger partial charge in [0.25, 0.3) is 0 Å². The van der Waals surface area contributed by atoms with Crippen LogP contribution in [0.1, 0.15) is 0 Å². The van der Waals surface area contributed by atoms with E-state index in [4.69, 9.17) is 19.9 Å². The largest absolute Gasteiger partial charge is 0.493 e. The number of anilines is 1. The summed E-state index contributed by atoms with van der Waals surface area (Å²) in [5.74, 6) is 1.83. The van der Waals surface area contributed by atoms with Gasteiger partial charge in [-0.3, -0.25) is 0 Å². The van der Waals surface area contributed by atoms with Crippen LogP contribution in [0.2, 0.25) is 0 Å². The highest BCUT2D eigenvalue weighted by Gasteiger charge is 2.10. The first-order chi connectivity index (χ1) is 8.08. The molecule has 5 heteroatoms. The van der Waals surface area contributed by atoms with Crippen LogP contribution < -0.4 is 19.9 Å². The van der Waals surface area contributed by atoms with Crippen molar-refractivity contribution in [3.8, 4) is 17.2 Å². The van der Waals surface area contributed by atoms with E-state index in [1.807, 2.05) is 19.0 Å². The molecule has 2 N–H and O–H groups in total. The summed E-state index contributed by atoms with van der Waals surface area (Å²) >= 11 is 0. The maximum Gasteiger partial charge on any atom is 0.164 e. The van der Waals surface area contributed by atoms with Gasteiger partial charge in [0.05, 0.1) is 19.9 Å². The lowest BCUT2D eigenvalue weighted by molar-refractivity contribution is 0.260.